The molecule has 2 heterocycles. The van der Waals surface area contributed by atoms with E-state index in [1.54, 1.807) is 0 Å². The summed E-state index contributed by atoms with van der Waals surface area (Å²) < 4.78 is 1.05. The zero-order valence-electron chi connectivity index (χ0n) is 14.1. The van der Waals surface area contributed by atoms with Crippen molar-refractivity contribution in [1.82, 2.24) is 9.88 Å². The smallest absolute Gasteiger partial charge is 0.224 e. The average Bonchev–Trinajstić information content (AvgIpc) is 3.00. The standard InChI is InChI=1S/C20H19BrClN3O/c21-13-3-6-17-16(11-13)15-8-10-25(18(26)7-9-23)20(19(15)24-17)12-1-4-14(22)5-2-12/h1-6,11,20,24H,7-10,23H2. The van der Waals surface area contributed by atoms with Gasteiger partial charge in [-0.3, -0.25) is 4.79 Å². The summed E-state index contributed by atoms with van der Waals surface area (Å²) in [6.45, 7) is 1.04. The van der Waals surface area contributed by atoms with Crippen molar-refractivity contribution in [2.45, 2.75) is 18.9 Å². The highest BCUT2D eigenvalue weighted by atomic mass is 79.9. The number of carbonyl (C=O) groups excluding carboxylic acids is 1. The molecular formula is C20H19BrClN3O. The minimum absolute atomic E-state index is 0.0814. The number of hydrogen-bond acceptors (Lipinski definition) is 2. The lowest BCUT2D eigenvalue weighted by Crippen LogP contribution is -2.41. The number of halogens is 2. The highest BCUT2D eigenvalue weighted by molar-refractivity contribution is 9.10. The van der Waals surface area contributed by atoms with Gasteiger partial charge < -0.3 is 15.6 Å². The first-order valence-electron chi connectivity index (χ1n) is 8.63. The zero-order chi connectivity index (χ0) is 18.3. The van der Waals surface area contributed by atoms with Crippen molar-refractivity contribution in [1.29, 1.82) is 0 Å². The van der Waals surface area contributed by atoms with E-state index in [0.29, 0.717) is 24.5 Å². The zero-order valence-corrected chi connectivity index (χ0v) is 16.5. The summed E-state index contributed by atoms with van der Waals surface area (Å²) in [6, 6.07) is 13.8. The number of nitrogens with two attached hydrogens (primary N) is 1. The molecule has 3 N–H and O–H groups in total. The maximum Gasteiger partial charge on any atom is 0.224 e. The number of nitrogens with zero attached hydrogens (tertiary/aromatic N) is 1. The number of aromatic nitrogens is 1. The summed E-state index contributed by atoms with van der Waals surface area (Å²) in [5, 5.41) is 1.89. The normalized spacial score (nSPS) is 16.7. The van der Waals surface area contributed by atoms with Gasteiger partial charge in [-0.1, -0.05) is 39.7 Å². The summed E-state index contributed by atoms with van der Waals surface area (Å²) in [5.41, 5.74) is 10.1. The van der Waals surface area contributed by atoms with Crippen LogP contribution in [-0.4, -0.2) is 28.9 Å². The molecule has 0 radical (unpaired) electrons. The molecule has 0 spiro atoms. The van der Waals surface area contributed by atoms with Crippen molar-refractivity contribution in [2.24, 2.45) is 5.73 Å². The Balaban J connectivity index is 1.88. The Labute approximate surface area is 165 Å². The van der Waals surface area contributed by atoms with Gasteiger partial charge in [-0.15, -0.1) is 0 Å². The van der Waals surface area contributed by atoms with E-state index in [2.05, 4.69) is 33.0 Å². The predicted octanol–water partition coefficient (Wildman–Crippen LogP) is 4.41. The van der Waals surface area contributed by atoms with Crippen LogP contribution in [0.2, 0.25) is 5.02 Å². The number of rotatable bonds is 3. The van der Waals surface area contributed by atoms with Gasteiger partial charge in [0, 0.05) is 45.6 Å². The average molecular weight is 433 g/mol. The molecule has 4 rings (SSSR count). The molecule has 0 bridgehead atoms. The molecular weight excluding hydrogens is 414 g/mol. The van der Waals surface area contributed by atoms with Crippen LogP contribution in [0.3, 0.4) is 0 Å². The van der Waals surface area contributed by atoms with Crippen LogP contribution in [0, 0.1) is 0 Å². The molecule has 1 amide bonds. The second-order valence-electron chi connectivity index (χ2n) is 6.54. The summed E-state index contributed by atoms with van der Waals surface area (Å²) in [4.78, 5) is 18.2. The van der Waals surface area contributed by atoms with Crippen LogP contribution in [0.1, 0.15) is 29.3 Å². The SMILES string of the molecule is NCCC(=O)N1CCc2c([nH]c3ccc(Br)cc23)C1c1ccc(Cl)cc1. The minimum atomic E-state index is -0.152. The molecule has 0 saturated heterocycles. The second-order valence-corrected chi connectivity index (χ2v) is 7.89. The van der Waals surface area contributed by atoms with Crippen LogP contribution in [0.4, 0.5) is 0 Å². The van der Waals surface area contributed by atoms with E-state index in [0.717, 1.165) is 27.7 Å². The molecule has 2 aromatic carbocycles. The third-order valence-corrected chi connectivity index (χ3v) is 5.70. The summed E-state index contributed by atoms with van der Waals surface area (Å²) in [5.74, 6) is 0.0814. The highest BCUT2D eigenvalue weighted by Crippen LogP contribution is 2.39. The quantitative estimate of drug-likeness (QED) is 0.644. The molecule has 0 saturated carbocycles. The fourth-order valence-corrected chi connectivity index (χ4v) is 4.28. The molecule has 134 valence electrons. The number of benzene rings is 2. The van der Waals surface area contributed by atoms with Crippen LogP contribution in [0.5, 0.6) is 0 Å². The Morgan fingerprint density at radius 2 is 2.04 bits per heavy atom. The number of hydrogen-bond donors (Lipinski definition) is 2. The van der Waals surface area contributed by atoms with E-state index in [-0.39, 0.29) is 11.9 Å². The monoisotopic (exact) mass is 431 g/mol. The van der Waals surface area contributed by atoms with E-state index in [4.69, 9.17) is 17.3 Å². The molecule has 1 aromatic heterocycles. The number of fused-ring (bicyclic) bond motifs is 3. The predicted molar refractivity (Wildman–Crippen MR) is 108 cm³/mol. The first kappa shape index (κ1) is 17.6. The number of aromatic amines is 1. The fraction of sp³-hybridized carbons (Fsp3) is 0.250. The van der Waals surface area contributed by atoms with Crippen molar-refractivity contribution in [3.8, 4) is 0 Å². The largest absolute Gasteiger partial charge is 0.356 e. The van der Waals surface area contributed by atoms with Crippen molar-refractivity contribution >= 4 is 44.3 Å². The number of carbonyl (C=O) groups is 1. The Morgan fingerprint density at radius 3 is 2.77 bits per heavy atom. The molecule has 26 heavy (non-hydrogen) atoms. The van der Waals surface area contributed by atoms with Gasteiger partial charge in [-0.2, -0.15) is 0 Å². The van der Waals surface area contributed by atoms with Crippen LogP contribution in [-0.2, 0) is 11.2 Å². The number of nitrogens with one attached hydrogen (secondary N) is 1. The Morgan fingerprint density at radius 1 is 1.27 bits per heavy atom. The van der Waals surface area contributed by atoms with Gasteiger partial charge >= 0.3 is 0 Å². The van der Waals surface area contributed by atoms with Crippen molar-refractivity contribution in [3.05, 3.63) is 68.8 Å². The van der Waals surface area contributed by atoms with E-state index >= 15 is 0 Å². The van der Waals surface area contributed by atoms with Gasteiger partial charge in [0.1, 0.15) is 0 Å². The summed E-state index contributed by atoms with van der Waals surface area (Å²) in [6.07, 6.45) is 1.18. The molecule has 3 aromatic rings. The molecule has 1 unspecified atom stereocenters. The van der Waals surface area contributed by atoms with Gasteiger partial charge in [0.15, 0.2) is 0 Å². The minimum Gasteiger partial charge on any atom is -0.356 e. The maximum absolute atomic E-state index is 12.7. The van der Waals surface area contributed by atoms with Gasteiger partial charge in [-0.05, 0) is 47.9 Å². The molecule has 4 nitrogen and oxygen atoms in total. The van der Waals surface area contributed by atoms with Crippen LogP contribution in [0.25, 0.3) is 10.9 Å². The summed E-state index contributed by atoms with van der Waals surface area (Å²) >= 11 is 9.63. The first-order chi connectivity index (χ1) is 12.6. The second kappa shape index (κ2) is 7.06. The summed E-state index contributed by atoms with van der Waals surface area (Å²) in [7, 11) is 0. The Bertz CT molecular complexity index is 967. The number of amides is 1. The van der Waals surface area contributed by atoms with Crippen LogP contribution in [0.15, 0.2) is 46.9 Å². The van der Waals surface area contributed by atoms with Crippen molar-refractivity contribution in [3.63, 3.8) is 0 Å². The fourth-order valence-electron chi connectivity index (χ4n) is 3.79. The first-order valence-corrected chi connectivity index (χ1v) is 9.80. The lowest BCUT2D eigenvalue weighted by Gasteiger charge is -2.36. The number of H-pyrrole nitrogens is 1. The maximum atomic E-state index is 12.7. The van der Waals surface area contributed by atoms with Gasteiger partial charge in [0.05, 0.1) is 6.04 Å². The van der Waals surface area contributed by atoms with Gasteiger partial charge in [0.25, 0.3) is 0 Å². The topological polar surface area (TPSA) is 62.1 Å². The van der Waals surface area contributed by atoms with E-state index < -0.39 is 0 Å². The highest BCUT2D eigenvalue weighted by Gasteiger charge is 2.34. The Hall–Kier alpha value is -1.82. The molecule has 0 fully saturated rings. The van der Waals surface area contributed by atoms with E-state index in [1.165, 1.54) is 10.9 Å². The third-order valence-electron chi connectivity index (χ3n) is 4.95. The Kier molecular flexibility index (Phi) is 4.78. The molecule has 6 heteroatoms. The lowest BCUT2D eigenvalue weighted by molar-refractivity contribution is -0.133. The van der Waals surface area contributed by atoms with E-state index in [9.17, 15) is 4.79 Å². The third kappa shape index (κ3) is 3.04. The molecule has 1 aliphatic heterocycles. The molecule has 1 atom stereocenters. The van der Waals surface area contributed by atoms with Crippen LogP contribution >= 0.6 is 27.5 Å². The van der Waals surface area contributed by atoms with Gasteiger partial charge in [0.2, 0.25) is 5.91 Å². The molecule has 0 aliphatic carbocycles. The van der Waals surface area contributed by atoms with Crippen LogP contribution < -0.4 is 5.73 Å². The van der Waals surface area contributed by atoms with Crippen molar-refractivity contribution < 1.29 is 4.79 Å². The van der Waals surface area contributed by atoms with E-state index in [1.807, 2.05) is 35.2 Å². The van der Waals surface area contributed by atoms with Gasteiger partial charge in [-0.25, -0.2) is 0 Å². The van der Waals surface area contributed by atoms with Crippen molar-refractivity contribution in [2.75, 3.05) is 13.1 Å². The lowest BCUT2D eigenvalue weighted by atomic mass is 9.92. The molecule has 1 aliphatic rings.